The Morgan fingerprint density at radius 3 is 2.44 bits per heavy atom. The van der Waals surface area contributed by atoms with E-state index in [0.29, 0.717) is 5.92 Å². The Kier molecular flexibility index (Phi) is 6.87. The van der Waals surface area contributed by atoms with E-state index in [-0.39, 0.29) is 12.1 Å². The summed E-state index contributed by atoms with van der Waals surface area (Å²) in [5.74, 6) is 0.370. The maximum Gasteiger partial charge on any atom is 0.181 e. The molecule has 3 N–H and O–H groups in total. The molecule has 0 saturated carbocycles. The van der Waals surface area contributed by atoms with Crippen molar-refractivity contribution in [3.63, 3.8) is 0 Å². The molecule has 0 amide bonds. The normalized spacial score (nSPS) is 26.2. The summed E-state index contributed by atoms with van der Waals surface area (Å²) in [5.41, 5.74) is 5.81. The van der Waals surface area contributed by atoms with Crippen molar-refractivity contribution in [1.82, 2.24) is 0 Å². The summed E-state index contributed by atoms with van der Waals surface area (Å²) in [5, 5.41) is 23.2. The molecule has 0 bridgehead atoms. The van der Waals surface area contributed by atoms with Crippen LogP contribution in [0.3, 0.4) is 0 Å². The molecule has 2 unspecified atom stereocenters. The number of nitriles is 2. The highest BCUT2D eigenvalue weighted by Gasteiger charge is 2.25. The lowest BCUT2D eigenvalue weighted by atomic mass is 9.80. The van der Waals surface area contributed by atoms with Crippen LogP contribution in [0.4, 0.5) is 0 Å². The molecule has 4 heteroatoms. The Balaban J connectivity index is 0.000000487. The highest BCUT2D eigenvalue weighted by atomic mass is 16.2. The summed E-state index contributed by atoms with van der Waals surface area (Å²) < 4.78 is 0. The largest absolute Gasteiger partial charge is 0.396 e. The molecule has 4 nitrogen and oxygen atoms in total. The summed E-state index contributed by atoms with van der Waals surface area (Å²) in [7, 11) is 0. The van der Waals surface area contributed by atoms with Crippen molar-refractivity contribution in [2.24, 2.45) is 11.7 Å². The van der Waals surface area contributed by atoms with Gasteiger partial charge >= 0.3 is 0 Å². The molecular formula is C12H17N3O. The van der Waals surface area contributed by atoms with Crippen LogP contribution in [0.15, 0.2) is 24.3 Å². The van der Waals surface area contributed by atoms with E-state index in [9.17, 15) is 0 Å². The first kappa shape index (κ1) is 14.4. The van der Waals surface area contributed by atoms with Crippen LogP contribution in [0, 0.1) is 28.6 Å². The molecule has 2 atom stereocenters. The number of aliphatic hydroxyl groups is 1. The van der Waals surface area contributed by atoms with Crippen LogP contribution < -0.4 is 5.73 Å². The standard InChI is InChI=1S/C10H17NO.C2N2/c1-10(11)7-3-2-5-9(10)6-4-8-12;3-1-2-4/h2-3,5,7,9,12H,4,6,8,11H2,1H3;. The van der Waals surface area contributed by atoms with Crippen LogP contribution in [0.25, 0.3) is 0 Å². The van der Waals surface area contributed by atoms with Gasteiger partial charge < -0.3 is 10.8 Å². The fraction of sp³-hybridized carbons (Fsp3) is 0.500. The fourth-order valence-corrected chi connectivity index (χ4v) is 1.51. The van der Waals surface area contributed by atoms with Crippen molar-refractivity contribution in [1.29, 1.82) is 10.5 Å². The van der Waals surface area contributed by atoms with Gasteiger partial charge in [-0.1, -0.05) is 24.3 Å². The molecule has 1 aliphatic carbocycles. The second-order valence-corrected chi connectivity index (χ2v) is 3.81. The fourth-order valence-electron chi connectivity index (χ4n) is 1.51. The quantitative estimate of drug-likeness (QED) is 0.747. The predicted octanol–water partition coefficient (Wildman–Crippen LogP) is 1.25. The highest BCUT2D eigenvalue weighted by Crippen LogP contribution is 2.25. The molecule has 0 aromatic heterocycles. The first-order valence-corrected chi connectivity index (χ1v) is 5.12. The number of nitrogens with zero attached hydrogens (tertiary/aromatic N) is 2. The number of rotatable bonds is 3. The van der Waals surface area contributed by atoms with Crippen molar-refractivity contribution in [3.05, 3.63) is 24.3 Å². The molecule has 0 aromatic carbocycles. The first-order chi connectivity index (χ1) is 7.58. The van der Waals surface area contributed by atoms with Gasteiger partial charge in [0, 0.05) is 12.1 Å². The lowest BCUT2D eigenvalue weighted by Crippen LogP contribution is -2.42. The molecule has 1 aliphatic rings. The average Bonchev–Trinajstić information content (AvgIpc) is 2.27. The lowest BCUT2D eigenvalue weighted by molar-refractivity contribution is 0.265. The second kappa shape index (κ2) is 7.64. The van der Waals surface area contributed by atoms with Crippen molar-refractivity contribution >= 4 is 0 Å². The van der Waals surface area contributed by atoms with Crippen molar-refractivity contribution in [2.45, 2.75) is 25.3 Å². The minimum Gasteiger partial charge on any atom is -0.396 e. The van der Waals surface area contributed by atoms with E-state index in [0.717, 1.165) is 12.8 Å². The van der Waals surface area contributed by atoms with E-state index in [1.165, 1.54) is 12.1 Å². The molecule has 0 aliphatic heterocycles. The summed E-state index contributed by atoms with van der Waals surface area (Å²) in [4.78, 5) is 0. The summed E-state index contributed by atoms with van der Waals surface area (Å²) in [6.45, 7) is 2.28. The Hall–Kier alpha value is -1.62. The van der Waals surface area contributed by atoms with Gasteiger partial charge in [0.2, 0.25) is 0 Å². The smallest absolute Gasteiger partial charge is 0.181 e. The van der Waals surface area contributed by atoms with Crippen LogP contribution in [-0.4, -0.2) is 17.3 Å². The number of aliphatic hydroxyl groups excluding tert-OH is 1. The molecule has 0 aromatic rings. The van der Waals surface area contributed by atoms with E-state index in [4.69, 9.17) is 21.4 Å². The van der Waals surface area contributed by atoms with Gasteiger partial charge in [-0.25, -0.2) is 0 Å². The van der Waals surface area contributed by atoms with Gasteiger partial charge in [-0.3, -0.25) is 0 Å². The van der Waals surface area contributed by atoms with Gasteiger partial charge in [0.1, 0.15) is 0 Å². The number of allylic oxidation sites excluding steroid dienone is 2. The van der Waals surface area contributed by atoms with E-state index in [2.05, 4.69) is 6.08 Å². The van der Waals surface area contributed by atoms with Crippen molar-refractivity contribution in [2.75, 3.05) is 6.61 Å². The Morgan fingerprint density at radius 2 is 2.00 bits per heavy atom. The van der Waals surface area contributed by atoms with Gasteiger partial charge in [0.25, 0.3) is 0 Å². The van der Waals surface area contributed by atoms with Crippen LogP contribution in [0.2, 0.25) is 0 Å². The molecule has 16 heavy (non-hydrogen) atoms. The third-order valence-corrected chi connectivity index (χ3v) is 2.43. The maximum absolute atomic E-state index is 8.68. The topological polar surface area (TPSA) is 93.8 Å². The maximum atomic E-state index is 8.68. The van der Waals surface area contributed by atoms with E-state index in [1.54, 1.807) is 0 Å². The van der Waals surface area contributed by atoms with Crippen molar-refractivity contribution < 1.29 is 5.11 Å². The molecule has 0 saturated heterocycles. The monoisotopic (exact) mass is 219 g/mol. The third-order valence-electron chi connectivity index (χ3n) is 2.43. The predicted molar refractivity (Wildman–Crippen MR) is 61.9 cm³/mol. The number of hydrogen-bond acceptors (Lipinski definition) is 4. The lowest BCUT2D eigenvalue weighted by Gasteiger charge is -2.31. The Labute approximate surface area is 96.3 Å². The third kappa shape index (κ3) is 5.31. The van der Waals surface area contributed by atoms with Gasteiger partial charge in [-0.15, -0.1) is 0 Å². The van der Waals surface area contributed by atoms with Crippen molar-refractivity contribution in [3.8, 4) is 12.1 Å². The molecule has 1 rings (SSSR count). The van der Waals surface area contributed by atoms with E-state index < -0.39 is 0 Å². The molecule has 0 heterocycles. The molecule has 0 radical (unpaired) electrons. The average molecular weight is 219 g/mol. The summed E-state index contributed by atoms with van der Waals surface area (Å²) in [6.07, 6.45) is 9.94. The van der Waals surface area contributed by atoms with Gasteiger partial charge in [-0.05, 0) is 25.7 Å². The molecule has 0 fully saturated rings. The van der Waals surface area contributed by atoms with E-state index >= 15 is 0 Å². The van der Waals surface area contributed by atoms with Crippen LogP contribution >= 0.6 is 0 Å². The van der Waals surface area contributed by atoms with Crippen LogP contribution in [0.1, 0.15) is 19.8 Å². The molecule has 86 valence electrons. The van der Waals surface area contributed by atoms with E-state index in [1.807, 2.05) is 25.2 Å². The summed E-state index contributed by atoms with van der Waals surface area (Å²) in [6, 6.07) is 2.47. The number of nitrogens with two attached hydrogens (primary N) is 1. The van der Waals surface area contributed by atoms with Gasteiger partial charge in [0.05, 0.1) is 0 Å². The Morgan fingerprint density at radius 1 is 1.38 bits per heavy atom. The zero-order chi connectivity index (χ0) is 12.4. The molecular weight excluding hydrogens is 202 g/mol. The minimum absolute atomic E-state index is 0.232. The zero-order valence-corrected chi connectivity index (χ0v) is 9.43. The zero-order valence-electron chi connectivity index (χ0n) is 9.43. The van der Waals surface area contributed by atoms with Crippen LogP contribution in [-0.2, 0) is 0 Å². The first-order valence-electron chi connectivity index (χ1n) is 5.12. The minimum atomic E-state index is -0.232. The Bertz CT molecular complexity index is 319. The van der Waals surface area contributed by atoms with Gasteiger partial charge in [0.15, 0.2) is 12.1 Å². The van der Waals surface area contributed by atoms with Gasteiger partial charge in [-0.2, -0.15) is 10.5 Å². The SMILES string of the molecule is CC1(N)C=CC=CC1CCCO.N#CC#N. The summed E-state index contributed by atoms with van der Waals surface area (Å²) >= 11 is 0. The molecule has 0 spiro atoms. The number of hydrogen-bond donors (Lipinski definition) is 2. The second-order valence-electron chi connectivity index (χ2n) is 3.81. The van der Waals surface area contributed by atoms with Crippen LogP contribution in [0.5, 0.6) is 0 Å². The highest BCUT2D eigenvalue weighted by molar-refractivity contribution is 5.22.